The normalized spacial score (nSPS) is 20.1. The summed E-state index contributed by atoms with van der Waals surface area (Å²) in [5.41, 5.74) is 7.61. The molecule has 0 atom stereocenters. The predicted molar refractivity (Wildman–Crippen MR) is 83.8 cm³/mol. The van der Waals surface area contributed by atoms with Crippen LogP contribution in [0, 0.1) is 5.41 Å². The standard InChI is InChI=1S/C16H23Cl2N/c1-3-8-15(9-4-2)10-16(19,11-15)14-12(17)6-5-7-13(14)18/h5-7H,3-4,8-11,19H2,1-2H3. The van der Waals surface area contributed by atoms with E-state index in [1.54, 1.807) is 0 Å². The molecule has 0 aromatic heterocycles. The van der Waals surface area contributed by atoms with Crippen LogP contribution in [0.25, 0.3) is 0 Å². The molecule has 1 aliphatic rings. The lowest BCUT2D eigenvalue weighted by Crippen LogP contribution is -2.55. The minimum atomic E-state index is -0.334. The first-order valence-electron chi connectivity index (χ1n) is 7.20. The Bertz CT molecular complexity index is 422. The van der Waals surface area contributed by atoms with E-state index in [2.05, 4.69) is 13.8 Å². The van der Waals surface area contributed by atoms with Crippen molar-refractivity contribution in [1.82, 2.24) is 0 Å². The summed E-state index contributed by atoms with van der Waals surface area (Å²) in [5.74, 6) is 0. The lowest BCUT2D eigenvalue weighted by atomic mass is 9.52. The van der Waals surface area contributed by atoms with E-state index in [-0.39, 0.29) is 5.54 Å². The van der Waals surface area contributed by atoms with Gasteiger partial charge in [0.1, 0.15) is 0 Å². The van der Waals surface area contributed by atoms with Crippen LogP contribution in [0.5, 0.6) is 0 Å². The Kier molecular flexibility index (Phi) is 4.49. The first-order valence-corrected chi connectivity index (χ1v) is 7.95. The molecule has 0 spiro atoms. The molecular formula is C16H23Cl2N. The Morgan fingerprint density at radius 2 is 1.53 bits per heavy atom. The first-order chi connectivity index (χ1) is 8.96. The lowest BCUT2D eigenvalue weighted by Gasteiger charge is -2.55. The first kappa shape index (κ1) is 15.2. The van der Waals surface area contributed by atoms with E-state index in [0.717, 1.165) is 18.4 Å². The molecule has 0 aliphatic heterocycles. The van der Waals surface area contributed by atoms with Crippen LogP contribution in [0.1, 0.15) is 57.9 Å². The van der Waals surface area contributed by atoms with Gasteiger partial charge in [0.25, 0.3) is 0 Å². The van der Waals surface area contributed by atoms with E-state index in [4.69, 9.17) is 28.9 Å². The second-order valence-electron chi connectivity index (χ2n) is 6.11. The number of halogens is 2. The van der Waals surface area contributed by atoms with Crippen molar-refractivity contribution in [3.63, 3.8) is 0 Å². The highest BCUT2D eigenvalue weighted by molar-refractivity contribution is 6.36. The highest BCUT2D eigenvalue weighted by atomic mass is 35.5. The van der Waals surface area contributed by atoms with Gasteiger partial charge in [-0.15, -0.1) is 0 Å². The smallest absolute Gasteiger partial charge is 0.0471 e. The average Bonchev–Trinajstić information content (AvgIpc) is 2.27. The Morgan fingerprint density at radius 3 is 1.95 bits per heavy atom. The van der Waals surface area contributed by atoms with Gasteiger partial charge < -0.3 is 5.73 Å². The molecule has 1 aliphatic carbocycles. The van der Waals surface area contributed by atoms with Gasteiger partial charge in [-0.3, -0.25) is 0 Å². The monoisotopic (exact) mass is 299 g/mol. The maximum atomic E-state index is 6.59. The topological polar surface area (TPSA) is 26.0 Å². The minimum Gasteiger partial charge on any atom is -0.321 e. The molecule has 0 bridgehead atoms. The molecule has 1 aromatic rings. The molecule has 0 amide bonds. The summed E-state index contributed by atoms with van der Waals surface area (Å²) >= 11 is 12.6. The third-order valence-corrected chi connectivity index (χ3v) is 5.03. The molecule has 0 unspecified atom stereocenters. The number of hydrogen-bond donors (Lipinski definition) is 1. The molecule has 2 N–H and O–H groups in total. The van der Waals surface area contributed by atoms with E-state index in [1.165, 1.54) is 25.7 Å². The van der Waals surface area contributed by atoms with Crippen molar-refractivity contribution in [3.8, 4) is 0 Å². The van der Waals surface area contributed by atoms with E-state index in [9.17, 15) is 0 Å². The van der Waals surface area contributed by atoms with Gasteiger partial charge in [-0.1, -0.05) is 56.0 Å². The molecule has 0 heterocycles. The molecule has 2 rings (SSSR count). The predicted octanol–water partition coefficient (Wildman–Crippen LogP) is 5.53. The summed E-state index contributed by atoms with van der Waals surface area (Å²) in [6.45, 7) is 4.49. The molecule has 1 saturated carbocycles. The summed E-state index contributed by atoms with van der Waals surface area (Å²) in [5, 5.41) is 1.41. The Morgan fingerprint density at radius 1 is 1.05 bits per heavy atom. The number of rotatable bonds is 5. The summed E-state index contributed by atoms with van der Waals surface area (Å²) < 4.78 is 0. The third-order valence-electron chi connectivity index (χ3n) is 4.40. The molecule has 0 radical (unpaired) electrons. The van der Waals surface area contributed by atoms with Crippen molar-refractivity contribution in [2.75, 3.05) is 0 Å². The summed E-state index contributed by atoms with van der Waals surface area (Å²) in [6, 6.07) is 5.65. The van der Waals surface area contributed by atoms with Crippen molar-refractivity contribution in [3.05, 3.63) is 33.8 Å². The zero-order valence-corrected chi connectivity index (χ0v) is 13.3. The Hall–Kier alpha value is -0.240. The van der Waals surface area contributed by atoms with Crippen LogP contribution in [-0.2, 0) is 5.54 Å². The molecule has 19 heavy (non-hydrogen) atoms. The highest BCUT2D eigenvalue weighted by Gasteiger charge is 2.53. The van der Waals surface area contributed by atoms with Gasteiger partial charge in [-0.2, -0.15) is 0 Å². The van der Waals surface area contributed by atoms with Crippen molar-refractivity contribution >= 4 is 23.2 Å². The summed E-state index contributed by atoms with van der Waals surface area (Å²) in [7, 11) is 0. The van der Waals surface area contributed by atoms with Gasteiger partial charge in [0.2, 0.25) is 0 Å². The van der Waals surface area contributed by atoms with Crippen molar-refractivity contribution in [1.29, 1.82) is 0 Å². The van der Waals surface area contributed by atoms with Crippen LogP contribution >= 0.6 is 23.2 Å². The maximum absolute atomic E-state index is 6.59. The molecular weight excluding hydrogens is 277 g/mol. The van der Waals surface area contributed by atoms with Gasteiger partial charge in [-0.25, -0.2) is 0 Å². The fraction of sp³-hybridized carbons (Fsp3) is 0.625. The van der Waals surface area contributed by atoms with Crippen LogP contribution in [0.3, 0.4) is 0 Å². The van der Waals surface area contributed by atoms with Gasteiger partial charge >= 0.3 is 0 Å². The quantitative estimate of drug-likeness (QED) is 0.760. The number of hydrogen-bond acceptors (Lipinski definition) is 1. The summed E-state index contributed by atoms with van der Waals surface area (Å²) in [4.78, 5) is 0. The van der Waals surface area contributed by atoms with Gasteiger partial charge in [-0.05, 0) is 43.2 Å². The third kappa shape index (κ3) is 2.79. The van der Waals surface area contributed by atoms with Gasteiger partial charge in [0.15, 0.2) is 0 Å². The van der Waals surface area contributed by atoms with Crippen LogP contribution in [0.4, 0.5) is 0 Å². The number of nitrogens with two attached hydrogens (primary N) is 1. The minimum absolute atomic E-state index is 0.334. The van der Waals surface area contributed by atoms with Crippen LogP contribution in [-0.4, -0.2) is 0 Å². The molecule has 1 fully saturated rings. The van der Waals surface area contributed by atoms with E-state index in [0.29, 0.717) is 15.5 Å². The van der Waals surface area contributed by atoms with E-state index < -0.39 is 0 Å². The highest BCUT2D eigenvalue weighted by Crippen LogP contribution is 2.59. The summed E-state index contributed by atoms with van der Waals surface area (Å²) in [6.07, 6.45) is 6.94. The largest absolute Gasteiger partial charge is 0.321 e. The van der Waals surface area contributed by atoms with Crippen LogP contribution in [0.15, 0.2) is 18.2 Å². The zero-order valence-electron chi connectivity index (χ0n) is 11.8. The molecule has 106 valence electrons. The van der Waals surface area contributed by atoms with Gasteiger partial charge in [0, 0.05) is 21.1 Å². The van der Waals surface area contributed by atoms with Crippen molar-refractivity contribution in [2.24, 2.45) is 11.1 Å². The SMILES string of the molecule is CCCC1(CCC)CC(N)(c2c(Cl)cccc2Cl)C1. The maximum Gasteiger partial charge on any atom is 0.0471 e. The molecule has 3 heteroatoms. The van der Waals surface area contributed by atoms with Crippen LogP contribution in [0.2, 0.25) is 10.0 Å². The lowest BCUT2D eigenvalue weighted by molar-refractivity contribution is 0.00635. The fourth-order valence-electron chi connectivity index (χ4n) is 3.98. The van der Waals surface area contributed by atoms with E-state index in [1.807, 2.05) is 18.2 Å². The number of benzene rings is 1. The second kappa shape index (κ2) is 5.63. The molecule has 0 saturated heterocycles. The molecule has 1 aromatic carbocycles. The Labute approximate surface area is 126 Å². The fourth-order valence-corrected chi connectivity index (χ4v) is 4.75. The van der Waals surface area contributed by atoms with E-state index >= 15 is 0 Å². The second-order valence-corrected chi connectivity index (χ2v) is 6.92. The van der Waals surface area contributed by atoms with Crippen molar-refractivity contribution in [2.45, 2.75) is 57.9 Å². The molecule has 1 nitrogen and oxygen atoms in total. The van der Waals surface area contributed by atoms with Crippen LogP contribution < -0.4 is 5.73 Å². The van der Waals surface area contributed by atoms with Gasteiger partial charge in [0.05, 0.1) is 0 Å². The average molecular weight is 300 g/mol. The zero-order chi connectivity index (χ0) is 14.1. The Balaban J connectivity index is 2.24. The van der Waals surface area contributed by atoms with Crippen molar-refractivity contribution < 1.29 is 0 Å².